The number of benzene rings is 1. The number of nitrogens with one attached hydrogen (secondary N) is 1. The highest BCUT2D eigenvalue weighted by molar-refractivity contribution is 6.34. The van der Waals surface area contributed by atoms with Crippen molar-refractivity contribution in [1.82, 2.24) is 4.90 Å². The van der Waals surface area contributed by atoms with Gasteiger partial charge in [0.15, 0.2) is 0 Å². The van der Waals surface area contributed by atoms with Crippen molar-refractivity contribution in [2.45, 2.75) is 38.6 Å². The number of hydrogen-bond acceptors (Lipinski definition) is 4. The number of nitro benzene ring substituents is 1. The Labute approximate surface area is 134 Å². The lowest BCUT2D eigenvalue weighted by Gasteiger charge is -2.26. The zero-order valence-electron chi connectivity index (χ0n) is 12.5. The summed E-state index contributed by atoms with van der Waals surface area (Å²) in [6.45, 7) is 3.71. The van der Waals surface area contributed by atoms with E-state index >= 15 is 0 Å². The second-order valence-electron chi connectivity index (χ2n) is 5.54. The molecule has 1 saturated heterocycles. The number of nitrogens with zero attached hydrogens (tertiary/aromatic N) is 2. The Morgan fingerprint density at radius 2 is 1.95 bits per heavy atom. The van der Waals surface area contributed by atoms with Crippen molar-refractivity contribution >= 4 is 28.9 Å². The van der Waals surface area contributed by atoms with Crippen LogP contribution in [-0.4, -0.2) is 34.9 Å². The summed E-state index contributed by atoms with van der Waals surface area (Å²) in [6.07, 6.45) is 4.63. The highest BCUT2D eigenvalue weighted by Gasteiger charge is 2.23. The van der Waals surface area contributed by atoms with Crippen LogP contribution >= 0.6 is 11.6 Å². The van der Waals surface area contributed by atoms with E-state index in [4.69, 9.17) is 11.6 Å². The van der Waals surface area contributed by atoms with Gasteiger partial charge in [-0.15, -0.1) is 0 Å². The maximum atomic E-state index is 12.3. The second-order valence-corrected chi connectivity index (χ2v) is 5.94. The number of halogens is 1. The van der Waals surface area contributed by atoms with Gasteiger partial charge in [0, 0.05) is 12.1 Å². The Morgan fingerprint density at radius 1 is 1.32 bits per heavy atom. The first-order valence-electron chi connectivity index (χ1n) is 7.48. The first-order chi connectivity index (χ1) is 10.5. The second kappa shape index (κ2) is 7.56. The molecule has 0 saturated carbocycles. The molecule has 1 aromatic carbocycles. The van der Waals surface area contributed by atoms with Gasteiger partial charge >= 0.3 is 0 Å². The first-order valence-corrected chi connectivity index (χ1v) is 7.85. The normalized spacial score (nSPS) is 17.5. The highest BCUT2D eigenvalue weighted by Crippen LogP contribution is 2.27. The van der Waals surface area contributed by atoms with Crippen LogP contribution in [0.25, 0.3) is 0 Å². The molecule has 2 rings (SSSR count). The van der Waals surface area contributed by atoms with E-state index in [1.165, 1.54) is 31.0 Å². The number of likely N-dealkylation sites (tertiary alicyclic amines) is 1. The van der Waals surface area contributed by atoms with Crippen LogP contribution in [0.1, 0.15) is 32.6 Å². The Bertz CT molecular complexity index is 557. The molecule has 6 nitrogen and oxygen atoms in total. The van der Waals surface area contributed by atoms with Crippen LogP contribution < -0.4 is 5.32 Å². The average Bonchev–Trinajstić information content (AvgIpc) is 2.77. The van der Waals surface area contributed by atoms with Gasteiger partial charge in [-0.3, -0.25) is 19.8 Å². The third-order valence-electron chi connectivity index (χ3n) is 3.99. The van der Waals surface area contributed by atoms with Gasteiger partial charge < -0.3 is 5.32 Å². The molecule has 0 radical (unpaired) electrons. The predicted molar refractivity (Wildman–Crippen MR) is 86.2 cm³/mol. The van der Waals surface area contributed by atoms with E-state index in [0.29, 0.717) is 5.69 Å². The fourth-order valence-corrected chi connectivity index (χ4v) is 2.83. The summed E-state index contributed by atoms with van der Waals surface area (Å²) >= 11 is 6.00. The number of rotatable bonds is 4. The van der Waals surface area contributed by atoms with E-state index in [1.807, 2.05) is 6.92 Å². The van der Waals surface area contributed by atoms with E-state index in [9.17, 15) is 14.9 Å². The van der Waals surface area contributed by atoms with Crippen LogP contribution in [0, 0.1) is 10.1 Å². The molecule has 0 bridgehead atoms. The predicted octanol–water partition coefficient (Wildman–Crippen LogP) is 3.45. The smallest absolute Gasteiger partial charge is 0.271 e. The van der Waals surface area contributed by atoms with Gasteiger partial charge in [-0.2, -0.15) is 0 Å². The quantitative estimate of drug-likeness (QED) is 0.679. The number of non-ortho nitro benzene ring substituents is 1. The van der Waals surface area contributed by atoms with Gasteiger partial charge in [0.05, 0.1) is 21.7 Å². The number of carbonyl (C=O) groups is 1. The Kier molecular flexibility index (Phi) is 5.74. The number of anilines is 1. The van der Waals surface area contributed by atoms with Crippen molar-refractivity contribution in [2.24, 2.45) is 0 Å². The summed E-state index contributed by atoms with van der Waals surface area (Å²) in [4.78, 5) is 24.7. The van der Waals surface area contributed by atoms with Crippen LogP contribution in [0.3, 0.4) is 0 Å². The molecule has 0 spiro atoms. The lowest BCUT2D eigenvalue weighted by atomic mass is 10.2. The Morgan fingerprint density at radius 3 is 2.50 bits per heavy atom. The molecule has 1 aromatic rings. The van der Waals surface area contributed by atoms with Gasteiger partial charge in [0.1, 0.15) is 0 Å². The molecule has 0 aliphatic carbocycles. The number of amides is 1. The molecule has 1 unspecified atom stereocenters. The van der Waals surface area contributed by atoms with Crippen LogP contribution in [0.15, 0.2) is 18.2 Å². The minimum absolute atomic E-state index is 0.0939. The van der Waals surface area contributed by atoms with Gasteiger partial charge in [-0.1, -0.05) is 24.4 Å². The standard InChI is InChI=1S/C15H20ClN3O3/c1-11(18-8-4-2-3-5-9-18)15(20)17-14-7-6-12(19(21)22)10-13(14)16/h6-7,10-11H,2-5,8-9H2,1H3,(H,17,20). The van der Waals surface area contributed by atoms with Crippen LogP contribution in [0.5, 0.6) is 0 Å². The topological polar surface area (TPSA) is 75.5 Å². The third kappa shape index (κ3) is 4.18. The minimum atomic E-state index is -0.517. The molecular weight excluding hydrogens is 306 g/mol. The van der Waals surface area contributed by atoms with Crippen LogP contribution in [0.4, 0.5) is 11.4 Å². The molecule has 0 aromatic heterocycles. The SMILES string of the molecule is CC(C(=O)Nc1ccc([N+](=O)[O-])cc1Cl)N1CCCCCC1. The van der Waals surface area contributed by atoms with E-state index in [-0.39, 0.29) is 22.7 Å². The molecule has 1 fully saturated rings. The van der Waals surface area contributed by atoms with Gasteiger partial charge in [-0.05, 0) is 38.9 Å². The van der Waals surface area contributed by atoms with Crippen molar-refractivity contribution in [3.8, 4) is 0 Å². The molecular formula is C15H20ClN3O3. The summed E-state index contributed by atoms with van der Waals surface area (Å²) in [5, 5.41) is 13.6. The summed E-state index contributed by atoms with van der Waals surface area (Å²) < 4.78 is 0. The molecule has 1 heterocycles. The van der Waals surface area contributed by atoms with Crippen molar-refractivity contribution < 1.29 is 9.72 Å². The van der Waals surface area contributed by atoms with E-state index in [2.05, 4.69) is 10.2 Å². The number of nitro groups is 1. The van der Waals surface area contributed by atoms with E-state index < -0.39 is 4.92 Å². The lowest BCUT2D eigenvalue weighted by Crippen LogP contribution is -2.42. The molecule has 7 heteroatoms. The zero-order chi connectivity index (χ0) is 16.1. The van der Waals surface area contributed by atoms with Crippen LogP contribution in [-0.2, 0) is 4.79 Å². The number of hydrogen-bond donors (Lipinski definition) is 1. The van der Waals surface area contributed by atoms with Crippen LogP contribution in [0.2, 0.25) is 5.02 Å². The summed E-state index contributed by atoms with van der Waals surface area (Å²) in [5.41, 5.74) is 0.308. The van der Waals surface area contributed by atoms with Crippen molar-refractivity contribution in [3.63, 3.8) is 0 Å². The first kappa shape index (κ1) is 16.7. The average molecular weight is 326 g/mol. The zero-order valence-corrected chi connectivity index (χ0v) is 13.3. The molecule has 120 valence electrons. The molecule has 22 heavy (non-hydrogen) atoms. The molecule has 1 atom stereocenters. The summed E-state index contributed by atoms with van der Waals surface area (Å²) in [6, 6.07) is 3.80. The lowest BCUT2D eigenvalue weighted by molar-refractivity contribution is -0.384. The fourth-order valence-electron chi connectivity index (χ4n) is 2.60. The van der Waals surface area contributed by atoms with Gasteiger partial charge in [-0.25, -0.2) is 0 Å². The van der Waals surface area contributed by atoms with Gasteiger partial charge in [0.2, 0.25) is 5.91 Å². The summed E-state index contributed by atoms with van der Waals surface area (Å²) in [7, 11) is 0. The largest absolute Gasteiger partial charge is 0.323 e. The minimum Gasteiger partial charge on any atom is -0.323 e. The van der Waals surface area contributed by atoms with E-state index in [1.54, 1.807) is 0 Å². The molecule has 1 aliphatic heterocycles. The monoisotopic (exact) mass is 325 g/mol. The fraction of sp³-hybridized carbons (Fsp3) is 0.533. The third-order valence-corrected chi connectivity index (χ3v) is 4.30. The van der Waals surface area contributed by atoms with Crippen molar-refractivity contribution in [1.29, 1.82) is 0 Å². The maximum absolute atomic E-state index is 12.3. The Balaban J connectivity index is 2.03. The Hall–Kier alpha value is -1.66. The van der Waals surface area contributed by atoms with Gasteiger partial charge in [0.25, 0.3) is 5.69 Å². The van der Waals surface area contributed by atoms with Crippen molar-refractivity contribution in [2.75, 3.05) is 18.4 Å². The van der Waals surface area contributed by atoms with Crippen molar-refractivity contribution in [3.05, 3.63) is 33.3 Å². The maximum Gasteiger partial charge on any atom is 0.271 e. The van der Waals surface area contributed by atoms with E-state index in [0.717, 1.165) is 25.9 Å². The molecule has 1 aliphatic rings. The highest BCUT2D eigenvalue weighted by atomic mass is 35.5. The number of carbonyl (C=O) groups excluding carboxylic acids is 1. The molecule has 1 N–H and O–H groups in total. The summed E-state index contributed by atoms with van der Waals surface area (Å²) in [5.74, 6) is -0.141. The molecule has 1 amide bonds.